The Morgan fingerprint density at radius 2 is 2.14 bits per heavy atom. The van der Waals surface area contributed by atoms with Crippen molar-refractivity contribution >= 4 is 45.6 Å². The lowest BCUT2D eigenvalue weighted by Crippen LogP contribution is -2.02. The fraction of sp³-hybridized carbons (Fsp3) is 0.267. The van der Waals surface area contributed by atoms with E-state index in [9.17, 15) is 0 Å². The van der Waals surface area contributed by atoms with E-state index in [-0.39, 0.29) is 0 Å². The van der Waals surface area contributed by atoms with Crippen molar-refractivity contribution in [2.45, 2.75) is 19.3 Å². The van der Waals surface area contributed by atoms with Gasteiger partial charge in [0.1, 0.15) is 17.1 Å². The number of halogens is 2. The number of hydrogen-bond donors (Lipinski definition) is 0. The number of fused-ring (bicyclic) bond motifs is 1. The van der Waals surface area contributed by atoms with Crippen molar-refractivity contribution in [3.63, 3.8) is 0 Å². The highest BCUT2D eigenvalue weighted by Gasteiger charge is 2.14. The zero-order valence-electron chi connectivity index (χ0n) is 11.5. The van der Waals surface area contributed by atoms with Crippen molar-refractivity contribution in [1.29, 1.82) is 0 Å². The molecule has 0 saturated heterocycles. The van der Waals surface area contributed by atoms with Crippen LogP contribution in [0.15, 0.2) is 30.3 Å². The lowest BCUT2D eigenvalue weighted by atomic mass is 10.3. The smallest absolute Gasteiger partial charge is 0.147 e. The van der Waals surface area contributed by atoms with E-state index in [0.717, 1.165) is 26.9 Å². The molecule has 3 nitrogen and oxygen atoms in total. The summed E-state index contributed by atoms with van der Waals surface area (Å²) in [7, 11) is 0. The van der Waals surface area contributed by atoms with Crippen LogP contribution in [0.25, 0.3) is 11.0 Å². The van der Waals surface area contributed by atoms with Gasteiger partial charge in [-0.05, 0) is 31.2 Å². The van der Waals surface area contributed by atoms with Gasteiger partial charge in [-0.15, -0.1) is 22.9 Å². The van der Waals surface area contributed by atoms with E-state index in [1.807, 2.05) is 37.3 Å². The molecule has 2 heterocycles. The summed E-state index contributed by atoms with van der Waals surface area (Å²) in [4.78, 5) is 5.80. The number of benzene rings is 1. The summed E-state index contributed by atoms with van der Waals surface area (Å²) in [5, 5.41) is 0. The van der Waals surface area contributed by atoms with Crippen molar-refractivity contribution in [2.24, 2.45) is 0 Å². The van der Waals surface area contributed by atoms with Gasteiger partial charge in [0.05, 0.1) is 28.9 Å². The lowest BCUT2D eigenvalue weighted by Gasteiger charge is -2.07. The van der Waals surface area contributed by atoms with Gasteiger partial charge in [-0.25, -0.2) is 4.98 Å². The summed E-state index contributed by atoms with van der Waals surface area (Å²) in [6.45, 7) is 3.29. The molecule has 21 heavy (non-hydrogen) atoms. The molecule has 0 aliphatic rings. The van der Waals surface area contributed by atoms with Crippen LogP contribution in [-0.4, -0.2) is 16.2 Å². The summed E-state index contributed by atoms with van der Waals surface area (Å²) in [5.74, 6) is 1.99. The van der Waals surface area contributed by atoms with Crippen molar-refractivity contribution < 1.29 is 4.74 Å². The number of imidazole rings is 1. The number of rotatable bonds is 5. The first-order valence-electron chi connectivity index (χ1n) is 6.64. The number of ether oxygens (including phenoxy) is 1. The van der Waals surface area contributed by atoms with Crippen LogP contribution in [0.4, 0.5) is 0 Å². The summed E-state index contributed by atoms with van der Waals surface area (Å²) in [6, 6.07) is 9.89. The highest BCUT2D eigenvalue weighted by Crippen LogP contribution is 2.29. The van der Waals surface area contributed by atoms with Gasteiger partial charge < -0.3 is 9.30 Å². The topological polar surface area (TPSA) is 27.1 Å². The van der Waals surface area contributed by atoms with Crippen LogP contribution >= 0.6 is 34.5 Å². The van der Waals surface area contributed by atoms with Gasteiger partial charge >= 0.3 is 0 Å². The van der Waals surface area contributed by atoms with Crippen molar-refractivity contribution in [3.05, 3.63) is 45.4 Å². The number of alkyl halides is 1. The fourth-order valence-corrected chi connectivity index (χ4v) is 3.59. The van der Waals surface area contributed by atoms with Gasteiger partial charge in [0.15, 0.2) is 0 Å². The van der Waals surface area contributed by atoms with Crippen LogP contribution in [0.1, 0.15) is 17.6 Å². The van der Waals surface area contributed by atoms with Gasteiger partial charge in [0.25, 0.3) is 0 Å². The van der Waals surface area contributed by atoms with Crippen LogP contribution < -0.4 is 4.74 Å². The standard InChI is InChI=1S/C15H14Cl2N2OS/c1-2-20-12-5-3-4-11-15(12)18-14(8-16)19(11)9-10-6-7-13(17)21-10/h3-7H,2,8-9H2,1H3. The quantitative estimate of drug-likeness (QED) is 0.615. The van der Waals surface area contributed by atoms with Crippen LogP contribution in [0.2, 0.25) is 4.34 Å². The van der Waals surface area contributed by atoms with Gasteiger partial charge in [-0.1, -0.05) is 17.7 Å². The molecule has 110 valence electrons. The third-order valence-electron chi connectivity index (χ3n) is 3.18. The largest absolute Gasteiger partial charge is 0.492 e. The molecule has 0 aliphatic carbocycles. The molecule has 2 aromatic heterocycles. The number of hydrogen-bond acceptors (Lipinski definition) is 3. The summed E-state index contributed by atoms with van der Waals surface area (Å²) in [5.41, 5.74) is 1.89. The molecule has 6 heteroatoms. The lowest BCUT2D eigenvalue weighted by molar-refractivity contribution is 0.343. The Morgan fingerprint density at radius 1 is 1.29 bits per heavy atom. The number of para-hydroxylation sites is 1. The van der Waals surface area contributed by atoms with Crippen LogP contribution in [0.3, 0.4) is 0 Å². The van der Waals surface area contributed by atoms with E-state index in [2.05, 4.69) is 9.55 Å². The maximum atomic E-state index is 6.06. The van der Waals surface area contributed by atoms with E-state index < -0.39 is 0 Å². The Hall–Kier alpha value is -1.23. The SMILES string of the molecule is CCOc1cccc2c1nc(CCl)n2Cc1ccc(Cl)s1. The van der Waals surface area contributed by atoms with Gasteiger partial charge in [-0.2, -0.15) is 0 Å². The predicted molar refractivity (Wildman–Crippen MR) is 88.9 cm³/mol. The first kappa shape index (κ1) is 14.7. The minimum absolute atomic E-state index is 0.360. The summed E-state index contributed by atoms with van der Waals surface area (Å²) in [6.07, 6.45) is 0. The zero-order chi connectivity index (χ0) is 14.8. The molecular formula is C15H14Cl2N2OS. The van der Waals surface area contributed by atoms with E-state index >= 15 is 0 Å². The second-order valence-corrected chi connectivity index (χ2v) is 6.58. The average Bonchev–Trinajstić information content (AvgIpc) is 3.05. The Bertz CT molecular complexity index is 766. The van der Waals surface area contributed by atoms with E-state index in [0.29, 0.717) is 19.0 Å². The first-order chi connectivity index (χ1) is 10.2. The second-order valence-electron chi connectivity index (χ2n) is 4.51. The van der Waals surface area contributed by atoms with E-state index in [4.69, 9.17) is 27.9 Å². The minimum Gasteiger partial charge on any atom is -0.492 e. The molecule has 0 fully saturated rings. The van der Waals surface area contributed by atoms with Crippen molar-refractivity contribution in [3.8, 4) is 5.75 Å². The van der Waals surface area contributed by atoms with Crippen LogP contribution in [0, 0.1) is 0 Å². The molecule has 0 N–H and O–H groups in total. The van der Waals surface area contributed by atoms with Gasteiger partial charge in [0.2, 0.25) is 0 Å². The van der Waals surface area contributed by atoms with E-state index in [1.54, 1.807) is 11.3 Å². The van der Waals surface area contributed by atoms with Crippen LogP contribution in [0.5, 0.6) is 5.75 Å². The number of thiophene rings is 1. The molecule has 0 radical (unpaired) electrons. The highest BCUT2D eigenvalue weighted by molar-refractivity contribution is 7.16. The predicted octanol–water partition coefficient (Wildman–Crippen LogP) is 4.94. The molecule has 3 aromatic rings. The van der Waals surface area contributed by atoms with Gasteiger partial charge in [-0.3, -0.25) is 0 Å². The Morgan fingerprint density at radius 3 is 2.81 bits per heavy atom. The molecule has 0 atom stereocenters. The van der Waals surface area contributed by atoms with Crippen molar-refractivity contribution in [2.75, 3.05) is 6.61 Å². The molecule has 0 unspecified atom stereocenters. The monoisotopic (exact) mass is 340 g/mol. The molecule has 3 rings (SSSR count). The Balaban J connectivity index is 2.09. The number of aromatic nitrogens is 2. The fourth-order valence-electron chi connectivity index (χ4n) is 2.31. The molecule has 0 bridgehead atoms. The molecular weight excluding hydrogens is 327 g/mol. The molecule has 1 aromatic carbocycles. The Kier molecular flexibility index (Phi) is 4.38. The van der Waals surface area contributed by atoms with Crippen molar-refractivity contribution in [1.82, 2.24) is 9.55 Å². The normalized spacial score (nSPS) is 11.2. The maximum absolute atomic E-state index is 6.06. The third-order valence-corrected chi connectivity index (χ3v) is 4.64. The van der Waals surface area contributed by atoms with Gasteiger partial charge in [0, 0.05) is 4.88 Å². The summed E-state index contributed by atoms with van der Waals surface area (Å²) >= 11 is 13.6. The van der Waals surface area contributed by atoms with E-state index in [1.165, 1.54) is 4.88 Å². The maximum Gasteiger partial charge on any atom is 0.147 e. The number of nitrogens with zero attached hydrogens (tertiary/aromatic N) is 2. The highest BCUT2D eigenvalue weighted by atomic mass is 35.5. The summed E-state index contributed by atoms with van der Waals surface area (Å²) < 4.78 is 8.56. The minimum atomic E-state index is 0.360. The molecule has 0 amide bonds. The molecule has 0 spiro atoms. The molecule has 0 saturated carbocycles. The third kappa shape index (κ3) is 2.89. The zero-order valence-corrected chi connectivity index (χ0v) is 13.8. The first-order valence-corrected chi connectivity index (χ1v) is 8.37. The second kappa shape index (κ2) is 6.26. The molecule has 0 aliphatic heterocycles. The average molecular weight is 341 g/mol. The Labute approximate surface area is 137 Å². The van der Waals surface area contributed by atoms with Crippen LogP contribution in [-0.2, 0) is 12.4 Å².